The number of hydrogen-bond acceptors (Lipinski definition) is 2. The van der Waals surface area contributed by atoms with Gasteiger partial charge in [0.1, 0.15) is 17.1 Å². The minimum Gasteiger partial charge on any atom is -0.494 e. The predicted octanol–water partition coefficient (Wildman–Crippen LogP) is 4.82. The fourth-order valence-electron chi connectivity index (χ4n) is 1.54. The van der Waals surface area contributed by atoms with Gasteiger partial charge in [0.25, 0.3) is 0 Å². The third-order valence-corrected chi connectivity index (χ3v) is 3.09. The summed E-state index contributed by atoms with van der Waals surface area (Å²) in [5, 5.41) is 0. The van der Waals surface area contributed by atoms with E-state index in [4.69, 9.17) is 9.47 Å². The van der Waals surface area contributed by atoms with Crippen LogP contribution in [0.5, 0.6) is 11.5 Å². The van der Waals surface area contributed by atoms with Gasteiger partial charge in [0.15, 0.2) is 0 Å². The molecule has 0 heterocycles. The Morgan fingerprint density at radius 3 is 2.11 bits per heavy atom. The third kappa shape index (κ3) is 5.44. The van der Waals surface area contributed by atoms with Crippen molar-refractivity contribution in [1.29, 1.82) is 0 Å². The van der Waals surface area contributed by atoms with E-state index in [0.29, 0.717) is 0 Å². The minimum atomic E-state index is -0.108. The Morgan fingerprint density at radius 2 is 1.56 bits per heavy atom. The summed E-state index contributed by atoms with van der Waals surface area (Å²) in [4.78, 5) is 0. The van der Waals surface area contributed by atoms with Crippen molar-refractivity contribution < 1.29 is 9.47 Å². The zero-order valence-corrected chi connectivity index (χ0v) is 12.2. The van der Waals surface area contributed by atoms with E-state index < -0.39 is 0 Å². The van der Waals surface area contributed by atoms with Crippen molar-refractivity contribution in [3.8, 4) is 11.5 Å². The molecular weight excluding hydrogens is 224 g/mol. The zero-order chi connectivity index (χ0) is 13.4. The van der Waals surface area contributed by atoms with Gasteiger partial charge < -0.3 is 9.47 Å². The van der Waals surface area contributed by atoms with E-state index >= 15 is 0 Å². The maximum absolute atomic E-state index is 5.89. The van der Waals surface area contributed by atoms with Crippen LogP contribution in [0.1, 0.15) is 53.4 Å². The van der Waals surface area contributed by atoms with Crippen molar-refractivity contribution in [1.82, 2.24) is 0 Å². The van der Waals surface area contributed by atoms with E-state index in [-0.39, 0.29) is 5.60 Å². The molecular formula is C16H26O2. The highest BCUT2D eigenvalue weighted by Gasteiger charge is 2.16. The molecule has 1 rings (SSSR count). The van der Waals surface area contributed by atoms with Gasteiger partial charge in [-0.05, 0) is 51.0 Å². The van der Waals surface area contributed by atoms with Gasteiger partial charge in [0, 0.05) is 0 Å². The second-order valence-corrected chi connectivity index (χ2v) is 5.24. The van der Waals surface area contributed by atoms with Crippen LogP contribution in [-0.4, -0.2) is 12.2 Å². The molecule has 0 aliphatic rings. The second-order valence-electron chi connectivity index (χ2n) is 5.24. The summed E-state index contributed by atoms with van der Waals surface area (Å²) < 4.78 is 11.6. The second kappa shape index (κ2) is 7.30. The van der Waals surface area contributed by atoms with Crippen LogP contribution < -0.4 is 9.47 Å². The summed E-state index contributed by atoms with van der Waals surface area (Å²) in [6, 6.07) is 7.92. The third-order valence-electron chi connectivity index (χ3n) is 3.09. The maximum Gasteiger partial charge on any atom is 0.120 e. The van der Waals surface area contributed by atoms with Crippen LogP contribution >= 0.6 is 0 Å². The van der Waals surface area contributed by atoms with Crippen LogP contribution in [0.15, 0.2) is 24.3 Å². The number of ether oxygens (including phenoxy) is 2. The van der Waals surface area contributed by atoms with Crippen molar-refractivity contribution >= 4 is 0 Å². The lowest BCUT2D eigenvalue weighted by molar-refractivity contribution is 0.105. The molecule has 0 amide bonds. The molecule has 0 aromatic heterocycles. The summed E-state index contributed by atoms with van der Waals surface area (Å²) in [7, 11) is 0. The monoisotopic (exact) mass is 250 g/mol. The predicted molar refractivity (Wildman–Crippen MR) is 76.5 cm³/mol. The van der Waals surface area contributed by atoms with Crippen molar-refractivity contribution in [3.05, 3.63) is 24.3 Å². The zero-order valence-electron chi connectivity index (χ0n) is 12.2. The largest absolute Gasteiger partial charge is 0.494 e. The van der Waals surface area contributed by atoms with E-state index in [9.17, 15) is 0 Å². The highest BCUT2D eigenvalue weighted by molar-refractivity contribution is 5.31. The Kier molecular flexibility index (Phi) is 6.03. The molecule has 1 aromatic rings. The van der Waals surface area contributed by atoms with Gasteiger partial charge in [-0.3, -0.25) is 0 Å². The molecule has 18 heavy (non-hydrogen) atoms. The Morgan fingerprint density at radius 1 is 0.944 bits per heavy atom. The first-order chi connectivity index (χ1) is 8.57. The summed E-state index contributed by atoms with van der Waals surface area (Å²) in [6.45, 7) is 9.33. The molecule has 0 aliphatic heterocycles. The minimum absolute atomic E-state index is 0.108. The molecule has 0 atom stereocenters. The Hall–Kier alpha value is -1.18. The van der Waals surface area contributed by atoms with Crippen molar-refractivity contribution in [2.45, 2.75) is 59.0 Å². The van der Waals surface area contributed by atoms with Gasteiger partial charge in [0.2, 0.25) is 0 Å². The number of rotatable bonds is 8. The van der Waals surface area contributed by atoms with Crippen LogP contribution in [0.3, 0.4) is 0 Å². The molecule has 0 spiro atoms. The van der Waals surface area contributed by atoms with Crippen molar-refractivity contribution in [3.63, 3.8) is 0 Å². The van der Waals surface area contributed by atoms with Crippen LogP contribution in [0.2, 0.25) is 0 Å². The molecule has 0 fully saturated rings. The molecule has 0 unspecified atom stereocenters. The van der Waals surface area contributed by atoms with Gasteiger partial charge in [-0.25, -0.2) is 0 Å². The van der Waals surface area contributed by atoms with E-state index in [2.05, 4.69) is 27.7 Å². The van der Waals surface area contributed by atoms with Gasteiger partial charge in [-0.2, -0.15) is 0 Å². The van der Waals surface area contributed by atoms with E-state index in [1.807, 2.05) is 24.3 Å². The van der Waals surface area contributed by atoms with Crippen LogP contribution in [-0.2, 0) is 0 Å². The topological polar surface area (TPSA) is 18.5 Å². The van der Waals surface area contributed by atoms with Crippen LogP contribution in [0.4, 0.5) is 0 Å². The normalized spacial score (nSPS) is 11.3. The molecule has 2 nitrogen and oxygen atoms in total. The molecule has 102 valence electrons. The molecule has 0 saturated heterocycles. The van der Waals surface area contributed by atoms with Gasteiger partial charge in [-0.15, -0.1) is 0 Å². The molecule has 0 bridgehead atoms. The SMILES string of the molecule is CCCCCOc1ccc(OC(C)(C)CC)cc1. The summed E-state index contributed by atoms with van der Waals surface area (Å²) in [5.74, 6) is 1.83. The highest BCUT2D eigenvalue weighted by Crippen LogP contribution is 2.23. The fourth-order valence-corrected chi connectivity index (χ4v) is 1.54. The Labute approximate surface area is 111 Å². The van der Waals surface area contributed by atoms with Gasteiger partial charge in [-0.1, -0.05) is 26.7 Å². The molecule has 0 aliphatic carbocycles. The Balaban J connectivity index is 2.42. The first-order valence-corrected chi connectivity index (χ1v) is 6.99. The molecule has 2 heteroatoms. The summed E-state index contributed by atoms with van der Waals surface area (Å²) in [5.41, 5.74) is -0.108. The standard InChI is InChI=1S/C16H26O2/c1-5-7-8-13-17-14-9-11-15(12-10-14)18-16(3,4)6-2/h9-12H,5-8,13H2,1-4H3. The van der Waals surface area contributed by atoms with Crippen LogP contribution in [0.25, 0.3) is 0 Å². The lowest BCUT2D eigenvalue weighted by Crippen LogP contribution is -2.26. The number of unbranched alkanes of at least 4 members (excludes halogenated alkanes) is 2. The average Bonchev–Trinajstić information content (AvgIpc) is 2.36. The number of hydrogen-bond donors (Lipinski definition) is 0. The lowest BCUT2D eigenvalue weighted by Gasteiger charge is -2.24. The van der Waals surface area contributed by atoms with Crippen molar-refractivity contribution in [2.24, 2.45) is 0 Å². The van der Waals surface area contributed by atoms with Gasteiger partial charge in [0.05, 0.1) is 6.61 Å². The number of benzene rings is 1. The molecule has 0 saturated carbocycles. The smallest absolute Gasteiger partial charge is 0.120 e. The first kappa shape index (κ1) is 14.9. The quantitative estimate of drug-likeness (QED) is 0.616. The highest BCUT2D eigenvalue weighted by atomic mass is 16.5. The summed E-state index contributed by atoms with van der Waals surface area (Å²) >= 11 is 0. The van der Waals surface area contributed by atoms with E-state index in [0.717, 1.165) is 30.9 Å². The van der Waals surface area contributed by atoms with Crippen molar-refractivity contribution in [2.75, 3.05) is 6.61 Å². The maximum atomic E-state index is 5.89. The molecule has 0 radical (unpaired) electrons. The average molecular weight is 250 g/mol. The van der Waals surface area contributed by atoms with Gasteiger partial charge >= 0.3 is 0 Å². The summed E-state index contributed by atoms with van der Waals surface area (Å²) in [6.07, 6.45) is 4.56. The Bertz CT molecular complexity index is 327. The molecule has 1 aromatic carbocycles. The fraction of sp³-hybridized carbons (Fsp3) is 0.625. The van der Waals surface area contributed by atoms with E-state index in [1.165, 1.54) is 12.8 Å². The van der Waals surface area contributed by atoms with E-state index in [1.54, 1.807) is 0 Å². The van der Waals surface area contributed by atoms with Crippen LogP contribution in [0, 0.1) is 0 Å². The lowest BCUT2D eigenvalue weighted by atomic mass is 10.1. The first-order valence-electron chi connectivity index (χ1n) is 6.99. The molecule has 0 N–H and O–H groups in total.